The molecule has 0 aromatic heterocycles. The fraction of sp³-hybridized carbons (Fsp3) is 0.357. The van der Waals surface area contributed by atoms with Gasteiger partial charge in [-0.3, -0.25) is 4.99 Å². The van der Waals surface area contributed by atoms with Crippen LogP contribution in [0.4, 0.5) is 5.69 Å². The topological polar surface area (TPSA) is 24.4 Å². The molecular weight excluding hydrogens is 196 g/mol. The van der Waals surface area contributed by atoms with Crippen LogP contribution in [-0.4, -0.2) is 5.71 Å². The predicted molar refractivity (Wildman–Crippen MR) is 69.9 cm³/mol. The lowest BCUT2D eigenvalue weighted by molar-refractivity contribution is 0.742. The van der Waals surface area contributed by atoms with Gasteiger partial charge in [0.25, 0.3) is 0 Å². The molecule has 0 unspecified atom stereocenters. The Hall–Kier alpha value is -1.57. The van der Waals surface area contributed by atoms with Crippen molar-refractivity contribution in [2.24, 2.45) is 4.99 Å². The SMILES string of the molecule is CCCCCC1=NC=CNc2ccccc21. The smallest absolute Gasteiger partial charge is 0.0497 e. The third-order valence-corrected chi connectivity index (χ3v) is 2.80. The normalized spacial score (nSPS) is 13.7. The highest BCUT2D eigenvalue weighted by molar-refractivity contribution is 6.05. The minimum absolute atomic E-state index is 1.07. The number of fused-ring (bicyclic) bond motifs is 1. The number of hydrogen-bond acceptors (Lipinski definition) is 2. The van der Waals surface area contributed by atoms with E-state index in [0.717, 1.165) is 12.1 Å². The number of aliphatic imine (C=N–C) groups is 1. The summed E-state index contributed by atoms with van der Waals surface area (Å²) in [5.74, 6) is 0. The van der Waals surface area contributed by atoms with E-state index < -0.39 is 0 Å². The van der Waals surface area contributed by atoms with Crippen molar-refractivity contribution < 1.29 is 0 Å². The van der Waals surface area contributed by atoms with Gasteiger partial charge in [0.05, 0.1) is 0 Å². The van der Waals surface area contributed by atoms with Crippen LogP contribution >= 0.6 is 0 Å². The second-order valence-electron chi connectivity index (χ2n) is 4.04. The van der Waals surface area contributed by atoms with Crippen LogP contribution in [0.5, 0.6) is 0 Å². The molecule has 0 saturated carbocycles. The number of para-hydroxylation sites is 1. The van der Waals surface area contributed by atoms with Gasteiger partial charge in [0, 0.05) is 29.4 Å². The molecule has 2 rings (SSSR count). The van der Waals surface area contributed by atoms with Gasteiger partial charge in [-0.1, -0.05) is 38.0 Å². The molecule has 1 N–H and O–H groups in total. The summed E-state index contributed by atoms with van der Waals surface area (Å²) in [6.45, 7) is 2.23. The first-order chi connectivity index (χ1) is 7.92. The van der Waals surface area contributed by atoms with Gasteiger partial charge in [-0.25, -0.2) is 0 Å². The molecule has 0 amide bonds. The maximum atomic E-state index is 4.51. The zero-order chi connectivity index (χ0) is 11.2. The number of unbranched alkanes of at least 4 members (excludes halogenated alkanes) is 2. The fourth-order valence-corrected chi connectivity index (χ4v) is 1.93. The molecule has 84 valence electrons. The Morgan fingerprint density at radius 2 is 2.06 bits per heavy atom. The largest absolute Gasteiger partial charge is 0.360 e. The average molecular weight is 214 g/mol. The number of nitrogens with one attached hydrogen (secondary N) is 1. The Morgan fingerprint density at radius 1 is 1.19 bits per heavy atom. The zero-order valence-corrected chi connectivity index (χ0v) is 9.74. The van der Waals surface area contributed by atoms with Crippen molar-refractivity contribution in [3.63, 3.8) is 0 Å². The highest BCUT2D eigenvalue weighted by Gasteiger charge is 2.09. The van der Waals surface area contributed by atoms with E-state index in [4.69, 9.17) is 0 Å². The Balaban J connectivity index is 2.18. The number of anilines is 1. The van der Waals surface area contributed by atoms with E-state index in [1.54, 1.807) is 0 Å². The molecule has 0 aliphatic carbocycles. The van der Waals surface area contributed by atoms with E-state index >= 15 is 0 Å². The second kappa shape index (κ2) is 5.50. The lowest BCUT2D eigenvalue weighted by Crippen LogP contribution is -2.02. The molecule has 0 atom stereocenters. The van der Waals surface area contributed by atoms with Crippen molar-refractivity contribution in [1.82, 2.24) is 0 Å². The first-order valence-corrected chi connectivity index (χ1v) is 5.99. The molecule has 1 aliphatic rings. The molecule has 1 aromatic carbocycles. The van der Waals surface area contributed by atoms with E-state index in [-0.39, 0.29) is 0 Å². The zero-order valence-electron chi connectivity index (χ0n) is 9.74. The van der Waals surface area contributed by atoms with Crippen molar-refractivity contribution in [2.75, 3.05) is 5.32 Å². The van der Waals surface area contributed by atoms with Crippen LogP contribution in [0, 0.1) is 0 Å². The molecule has 2 nitrogen and oxygen atoms in total. The third-order valence-electron chi connectivity index (χ3n) is 2.80. The van der Waals surface area contributed by atoms with Gasteiger partial charge < -0.3 is 5.32 Å². The highest BCUT2D eigenvalue weighted by Crippen LogP contribution is 2.21. The summed E-state index contributed by atoms with van der Waals surface area (Å²) in [5.41, 5.74) is 3.60. The molecule has 0 fully saturated rings. The van der Waals surface area contributed by atoms with Crippen LogP contribution in [0.3, 0.4) is 0 Å². The van der Waals surface area contributed by atoms with Gasteiger partial charge in [0.15, 0.2) is 0 Å². The van der Waals surface area contributed by atoms with Gasteiger partial charge in [-0.2, -0.15) is 0 Å². The molecule has 1 aromatic rings. The summed E-state index contributed by atoms with van der Waals surface area (Å²) in [6.07, 6.45) is 8.56. The van der Waals surface area contributed by atoms with Crippen molar-refractivity contribution >= 4 is 11.4 Å². The van der Waals surface area contributed by atoms with Crippen molar-refractivity contribution in [1.29, 1.82) is 0 Å². The molecule has 1 aliphatic heterocycles. The average Bonchev–Trinajstić information content (AvgIpc) is 2.52. The van der Waals surface area contributed by atoms with Gasteiger partial charge in [-0.15, -0.1) is 0 Å². The summed E-state index contributed by atoms with van der Waals surface area (Å²) >= 11 is 0. The first kappa shape index (κ1) is 10.9. The van der Waals surface area contributed by atoms with Crippen LogP contribution in [0.15, 0.2) is 41.7 Å². The Morgan fingerprint density at radius 3 is 2.94 bits per heavy atom. The minimum Gasteiger partial charge on any atom is -0.360 e. The number of hydrogen-bond donors (Lipinski definition) is 1. The van der Waals surface area contributed by atoms with Crippen molar-refractivity contribution in [2.45, 2.75) is 32.6 Å². The molecule has 0 saturated heterocycles. The summed E-state index contributed by atoms with van der Waals surface area (Å²) in [7, 11) is 0. The van der Waals surface area contributed by atoms with E-state index in [2.05, 4.69) is 41.5 Å². The summed E-state index contributed by atoms with van der Waals surface area (Å²) < 4.78 is 0. The van der Waals surface area contributed by atoms with E-state index in [9.17, 15) is 0 Å². The number of benzene rings is 1. The lowest BCUT2D eigenvalue weighted by Gasteiger charge is -2.09. The maximum Gasteiger partial charge on any atom is 0.0497 e. The number of rotatable bonds is 4. The maximum absolute atomic E-state index is 4.51. The molecule has 0 spiro atoms. The molecular formula is C14H18N2. The van der Waals surface area contributed by atoms with Crippen molar-refractivity contribution in [3.8, 4) is 0 Å². The predicted octanol–water partition coefficient (Wildman–Crippen LogP) is 3.95. The molecule has 0 bridgehead atoms. The van der Waals surface area contributed by atoms with Gasteiger partial charge in [0.1, 0.15) is 0 Å². The van der Waals surface area contributed by atoms with Gasteiger partial charge >= 0.3 is 0 Å². The second-order valence-corrected chi connectivity index (χ2v) is 4.04. The Labute approximate surface area is 97.1 Å². The van der Waals surface area contributed by atoms with Crippen LogP contribution < -0.4 is 5.32 Å². The number of nitrogens with zero attached hydrogens (tertiary/aromatic N) is 1. The van der Waals surface area contributed by atoms with Crippen molar-refractivity contribution in [3.05, 3.63) is 42.2 Å². The first-order valence-electron chi connectivity index (χ1n) is 5.99. The van der Waals surface area contributed by atoms with Crippen LogP contribution in [0.2, 0.25) is 0 Å². The summed E-state index contributed by atoms with van der Waals surface area (Å²) in [6, 6.07) is 8.36. The van der Waals surface area contributed by atoms with Crippen LogP contribution in [0.25, 0.3) is 0 Å². The molecule has 16 heavy (non-hydrogen) atoms. The van der Waals surface area contributed by atoms with E-state index in [0.29, 0.717) is 0 Å². The molecule has 0 radical (unpaired) electrons. The highest BCUT2D eigenvalue weighted by atomic mass is 14.9. The van der Waals surface area contributed by atoms with E-state index in [1.165, 1.54) is 30.5 Å². The molecule has 1 heterocycles. The third kappa shape index (κ3) is 2.51. The molecule has 2 heteroatoms. The van der Waals surface area contributed by atoms with Gasteiger partial charge in [-0.05, 0) is 18.9 Å². The van der Waals surface area contributed by atoms with E-state index in [1.807, 2.05) is 12.4 Å². The minimum atomic E-state index is 1.07. The van der Waals surface area contributed by atoms with Gasteiger partial charge in [0.2, 0.25) is 0 Å². The summed E-state index contributed by atoms with van der Waals surface area (Å²) in [4.78, 5) is 4.51. The van der Waals surface area contributed by atoms with Crippen LogP contribution in [-0.2, 0) is 0 Å². The quantitative estimate of drug-likeness (QED) is 0.754. The summed E-state index contributed by atoms with van der Waals surface area (Å²) in [5, 5.41) is 3.25. The van der Waals surface area contributed by atoms with Crippen LogP contribution in [0.1, 0.15) is 38.2 Å². The Bertz CT molecular complexity index is 405. The fourth-order valence-electron chi connectivity index (χ4n) is 1.93. The lowest BCUT2D eigenvalue weighted by atomic mass is 10.0. The standard InChI is InChI=1S/C14H18N2/c1-2-3-4-8-13-12-7-5-6-9-14(12)16-11-10-15-13/h5-7,9-11,16H,2-4,8H2,1H3. The Kier molecular flexibility index (Phi) is 3.76. The monoisotopic (exact) mass is 214 g/mol.